The summed E-state index contributed by atoms with van der Waals surface area (Å²) in [5, 5.41) is 10.9. The zero-order valence-corrected chi connectivity index (χ0v) is 15.4. The summed E-state index contributed by atoms with van der Waals surface area (Å²) in [6.07, 6.45) is 1.74. The van der Waals surface area contributed by atoms with Gasteiger partial charge in [-0.3, -0.25) is 4.79 Å². The quantitative estimate of drug-likeness (QED) is 0.695. The molecule has 138 valence electrons. The molecule has 4 rings (SSSR count). The smallest absolute Gasteiger partial charge is 0.278 e. The Morgan fingerprint density at radius 1 is 1.22 bits per heavy atom. The number of hydrogen-bond donors (Lipinski definition) is 1. The summed E-state index contributed by atoms with van der Waals surface area (Å²) >= 11 is 1.64. The Balaban J connectivity index is 1.48. The minimum Gasteiger partial charge on any atom is -0.365 e. The average Bonchev–Trinajstić information content (AvgIpc) is 3.12. The van der Waals surface area contributed by atoms with Gasteiger partial charge in [0.1, 0.15) is 11.9 Å². The van der Waals surface area contributed by atoms with E-state index >= 15 is 0 Å². The van der Waals surface area contributed by atoms with Gasteiger partial charge in [0.2, 0.25) is 0 Å². The second kappa shape index (κ2) is 7.50. The van der Waals surface area contributed by atoms with Gasteiger partial charge in [-0.1, -0.05) is 17.3 Å². The van der Waals surface area contributed by atoms with E-state index in [0.717, 1.165) is 10.5 Å². The molecule has 1 aliphatic heterocycles. The highest BCUT2D eigenvalue weighted by Crippen LogP contribution is 2.27. The van der Waals surface area contributed by atoms with Gasteiger partial charge >= 0.3 is 0 Å². The fourth-order valence-corrected chi connectivity index (χ4v) is 3.34. The molecule has 8 heteroatoms. The topological polar surface area (TPSA) is 69.0 Å². The van der Waals surface area contributed by atoms with Crippen molar-refractivity contribution >= 4 is 23.4 Å². The number of hydrogen-bond acceptors (Lipinski definition) is 5. The molecule has 6 nitrogen and oxygen atoms in total. The van der Waals surface area contributed by atoms with Crippen LogP contribution in [0.4, 0.5) is 10.1 Å². The van der Waals surface area contributed by atoms with Gasteiger partial charge in [0, 0.05) is 10.6 Å². The number of aromatic nitrogens is 3. The predicted molar refractivity (Wildman–Crippen MR) is 100 cm³/mol. The highest BCUT2D eigenvalue weighted by atomic mass is 32.2. The van der Waals surface area contributed by atoms with Gasteiger partial charge in [-0.05, 0) is 48.2 Å². The van der Waals surface area contributed by atoms with Crippen LogP contribution >= 0.6 is 11.8 Å². The fraction of sp³-hybridized carbons (Fsp3) is 0.211. The molecule has 27 heavy (non-hydrogen) atoms. The number of thioether (sulfide) groups is 1. The van der Waals surface area contributed by atoms with Gasteiger partial charge in [0.25, 0.3) is 5.91 Å². The van der Waals surface area contributed by atoms with Crippen LogP contribution in [0.25, 0.3) is 0 Å². The van der Waals surface area contributed by atoms with Gasteiger partial charge in [-0.2, -0.15) is 0 Å². The van der Waals surface area contributed by atoms with Crippen LogP contribution in [0.1, 0.15) is 27.8 Å². The average molecular weight is 384 g/mol. The molecule has 1 aromatic heterocycles. The van der Waals surface area contributed by atoms with Crippen molar-refractivity contribution in [2.45, 2.75) is 24.2 Å². The van der Waals surface area contributed by atoms with Gasteiger partial charge in [-0.25, -0.2) is 9.07 Å². The van der Waals surface area contributed by atoms with Gasteiger partial charge in [0.15, 0.2) is 5.69 Å². The largest absolute Gasteiger partial charge is 0.365 e. The third-order valence-electron chi connectivity index (χ3n) is 4.40. The monoisotopic (exact) mass is 384 g/mol. The summed E-state index contributed by atoms with van der Waals surface area (Å²) in [7, 11) is 0. The molecular weight excluding hydrogens is 367 g/mol. The molecule has 0 fully saturated rings. The van der Waals surface area contributed by atoms with Crippen LogP contribution in [0.2, 0.25) is 0 Å². The SMILES string of the molecule is CSc1ccc(NC(=O)c2nnn3c2CO[C@@H](c2ccc(F)cc2)C3)cc1. The van der Waals surface area contributed by atoms with Crippen molar-refractivity contribution < 1.29 is 13.9 Å². The van der Waals surface area contributed by atoms with Crippen molar-refractivity contribution in [1.82, 2.24) is 15.0 Å². The molecule has 1 aliphatic rings. The van der Waals surface area contributed by atoms with Crippen LogP contribution in [0.3, 0.4) is 0 Å². The number of ether oxygens (including phenoxy) is 1. The molecule has 0 saturated heterocycles. The van der Waals surface area contributed by atoms with E-state index < -0.39 is 0 Å². The molecule has 0 radical (unpaired) electrons. The first-order valence-corrected chi connectivity index (χ1v) is 9.61. The van der Waals surface area contributed by atoms with Crippen LogP contribution in [0.5, 0.6) is 0 Å². The third-order valence-corrected chi connectivity index (χ3v) is 5.15. The van der Waals surface area contributed by atoms with Crippen molar-refractivity contribution in [3.63, 3.8) is 0 Å². The van der Waals surface area contributed by atoms with Crippen LogP contribution in [-0.4, -0.2) is 27.2 Å². The first-order chi connectivity index (χ1) is 13.1. The molecule has 1 amide bonds. The molecule has 0 spiro atoms. The van der Waals surface area contributed by atoms with Gasteiger partial charge in [-0.15, -0.1) is 16.9 Å². The van der Waals surface area contributed by atoms with E-state index in [0.29, 0.717) is 17.9 Å². The van der Waals surface area contributed by atoms with Gasteiger partial charge < -0.3 is 10.1 Å². The standard InChI is InChI=1S/C19H17FN4O2S/c1-27-15-8-6-14(7-9-15)21-19(25)18-16-11-26-17(10-24(16)23-22-18)12-2-4-13(20)5-3-12/h2-9,17H,10-11H2,1H3,(H,21,25)/t17-/m1/s1. The van der Waals surface area contributed by atoms with Crippen molar-refractivity contribution in [3.8, 4) is 0 Å². The van der Waals surface area contributed by atoms with E-state index in [2.05, 4.69) is 15.6 Å². The maximum absolute atomic E-state index is 13.1. The Labute approximate surface area is 159 Å². The number of rotatable bonds is 4. The van der Waals surface area contributed by atoms with Crippen LogP contribution in [-0.2, 0) is 17.9 Å². The van der Waals surface area contributed by atoms with Crippen LogP contribution in [0.15, 0.2) is 53.4 Å². The molecule has 0 aliphatic carbocycles. The highest BCUT2D eigenvalue weighted by molar-refractivity contribution is 7.98. The zero-order valence-electron chi connectivity index (χ0n) is 14.6. The number of nitrogens with zero attached hydrogens (tertiary/aromatic N) is 3. The summed E-state index contributed by atoms with van der Waals surface area (Å²) in [5.74, 6) is -0.613. The number of nitrogens with one attached hydrogen (secondary N) is 1. The van der Waals surface area contributed by atoms with E-state index in [1.807, 2.05) is 30.5 Å². The molecule has 0 bridgehead atoms. The molecule has 2 heterocycles. The fourth-order valence-electron chi connectivity index (χ4n) is 2.93. The van der Waals surface area contributed by atoms with Crippen molar-refractivity contribution in [2.24, 2.45) is 0 Å². The van der Waals surface area contributed by atoms with E-state index in [1.165, 1.54) is 12.1 Å². The molecule has 3 aromatic rings. The number of amides is 1. The van der Waals surface area contributed by atoms with Crippen molar-refractivity contribution in [1.29, 1.82) is 0 Å². The number of carbonyl (C=O) groups is 1. The lowest BCUT2D eigenvalue weighted by molar-refractivity contribution is -0.00174. The summed E-state index contributed by atoms with van der Waals surface area (Å²) < 4.78 is 20.6. The number of carbonyl (C=O) groups excluding carboxylic acids is 1. The number of halogens is 1. The maximum Gasteiger partial charge on any atom is 0.278 e. The number of benzene rings is 2. The first kappa shape index (κ1) is 17.7. The molecular formula is C19H17FN4O2S. The molecule has 2 aromatic carbocycles. The molecule has 0 saturated carbocycles. The van der Waals surface area contributed by atoms with E-state index in [-0.39, 0.29) is 30.1 Å². The number of fused-ring (bicyclic) bond motifs is 1. The van der Waals surface area contributed by atoms with E-state index in [9.17, 15) is 9.18 Å². The summed E-state index contributed by atoms with van der Waals surface area (Å²) in [4.78, 5) is 13.7. The lowest BCUT2D eigenvalue weighted by Crippen LogP contribution is -2.24. The van der Waals surface area contributed by atoms with E-state index in [1.54, 1.807) is 28.6 Å². The lowest BCUT2D eigenvalue weighted by atomic mass is 10.1. The summed E-state index contributed by atoms with van der Waals surface area (Å²) in [5.41, 5.74) is 2.44. The van der Waals surface area contributed by atoms with Crippen LogP contribution in [0, 0.1) is 5.82 Å². The molecule has 1 atom stereocenters. The van der Waals surface area contributed by atoms with Crippen LogP contribution < -0.4 is 5.32 Å². The minimum absolute atomic E-state index is 0.212. The Bertz CT molecular complexity index is 957. The second-order valence-electron chi connectivity index (χ2n) is 6.10. The molecule has 1 N–H and O–H groups in total. The Morgan fingerprint density at radius 2 is 1.96 bits per heavy atom. The second-order valence-corrected chi connectivity index (χ2v) is 6.98. The highest BCUT2D eigenvalue weighted by Gasteiger charge is 2.27. The zero-order chi connectivity index (χ0) is 18.8. The van der Waals surface area contributed by atoms with E-state index in [4.69, 9.17) is 4.74 Å². The predicted octanol–water partition coefficient (Wildman–Crippen LogP) is 3.66. The maximum atomic E-state index is 13.1. The van der Waals surface area contributed by atoms with Gasteiger partial charge in [0.05, 0.1) is 18.8 Å². The Hall–Kier alpha value is -2.71. The van der Waals surface area contributed by atoms with Crippen molar-refractivity contribution in [3.05, 3.63) is 71.3 Å². The first-order valence-electron chi connectivity index (χ1n) is 8.39. The normalized spacial score (nSPS) is 16.0. The summed E-state index contributed by atoms with van der Waals surface area (Å²) in [6.45, 7) is 0.632. The third kappa shape index (κ3) is 3.72. The Kier molecular flexibility index (Phi) is 4.91. The number of anilines is 1. The summed E-state index contributed by atoms with van der Waals surface area (Å²) in [6, 6.07) is 13.8. The molecule has 0 unspecified atom stereocenters. The lowest BCUT2D eigenvalue weighted by Gasteiger charge is -2.24. The minimum atomic E-state index is -0.322. The Morgan fingerprint density at radius 3 is 2.67 bits per heavy atom. The van der Waals surface area contributed by atoms with Crippen molar-refractivity contribution in [2.75, 3.05) is 11.6 Å².